The fourth-order valence-electron chi connectivity index (χ4n) is 1.47. The maximum absolute atomic E-state index is 12.2. The van der Waals surface area contributed by atoms with Crippen LogP contribution >= 0.6 is 23.1 Å². The van der Waals surface area contributed by atoms with E-state index in [0.717, 1.165) is 11.8 Å². The Kier molecular flexibility index (Phi) is 3.83. The number of rotatable bonds is 5. The summed E-state index contributed by atoms with van der Waals surface area (Å²) in [5.41, 5.74) is 4.99. The predicted octanol–water partition coefficient (Wildman–Crippen LogP) is 1.22. The molecule has 0 radical (unpaired) electrons. The highest BCUT2D eigenvalue weighted by Gasteiger charge is 2.12. The molecule has 18 heavy (non-hydrogen) atoms. The first-order valence-corrected chi connectivity index (χ1v) is 7.00. The lowest BCUT2D eigenvalue weighted by Crippen LogP contribution is -2.23. The molecule has 2 N–H and O–H groups in total. The molecule has 5 nitrogen and oxygen atoms in total. The highest BCUT2D eigenvalue weighted by atomic mass is 32.2. The molecule has 7 heteroatoms. The third kappa shape index (κ3) is 2.46. The SMILES string of the molecule is C=CCn1c(SCC(N)=O)nc2sccc2c1=O. The molecular weight excluding hydrogens is 270 g/mol. The minimum absolute atomic E-state index is 0.0977. The minimum Gasteiger partial charge on any atom is -0.369 e. The molecule has 2 rings (SSSR count). The van der Waals surface area contributed by atoms with Crippen LogP contribution in [-0.2, 0) is 11.3 Å². The first-order chi connectivity index (χ1) is 8.63. The van der Waals surface area contributed by atoms with E-state index < -0.39 is 5.91 Å². The molecule has 0 unspecified atom stereocenters. The molecule has 2 heterocycles. The largest absolute Gasteiger partial charge is 0.369 e. The van der Waals surface area contributed by atoms with Crippen molar-refractivity contribution in [3.8, 4) is 0 Å². The van der Waals surface area contributed by atoms with Crippen LogP contribution in [0.4, 0.5) is 0 Å². The van der Waals surface area contributed by atoms with Gasteiger partial charge in [0.05, 0.1) is 11.1 Å². The first kappa shape index (κ1) is 12.8. The molecule has 0 spiro atoms. The van der Waals surface area contributed by atoms with Gasteiger partial charge in [-0.2, -0.15) is 0 Å². The van der Waals surface area contributed by atoms with Gasteiger partial charge in [-0.1, -0.05) is 17.8 Å². The molecule has 94 valence electrons. The van der Waals surface area contributed by atoms with Crippen LogP contribution in [0.2, 0.25) is 0 Å². The fourth-order valence-corrected chi connectivity index (χ4v) is 3.02. The zero-order chi connectivity index (χ0) is 13.1. The highest BCUT2D eigenvalue weighted by Crippen LogP contribution is 2.20. The number of aromatic nitrogens is 2. The van der Waals surface area contributed by atoms with E-state index in [1.54, 1.807) is 12.1 Å². The average molecular weight is 281 g/mol. The molecule has 0 fully saturated rings. The van der Waals surface area contributed by atoms with Gasteiger partial charge in [-0.15, -0.1) is 17.9 Å². The smallest absolute Gasteiger partial charge is 0.263 e. The normalized spacial score (nSPS) is 10.7. The number of carbonyl (C=O) groups excluding carboxylic acids is 1. The number of nitrogens with zero attached hydrogens (tertiary/aromatic N) is 2. The molecule has 0 bridgehead atoms. The molecule has 2 aromatic rings. The average Bonchev–Trinajstić information content (AvgIpc) is 2.79. The molecule has 0 aliphatic carbocycles. The maximum Gasteiger partial charge on any atom is 0.263 e. The second-order valence-corrected chi connectivity index (χ2v) is 5.33. The number of carbonyl (C=O) groups is 1. The van der Waals surface area contributed by atoms with Crippen molar-refractivity contribution in [2.24, 2.45) is 5.73 Å². The molecule has 0 aliphatic rings. The van der Waals surface area contributed by atoms with Crippen LogP contribution in [0.25, 0.3) is 10.2 Å². The zero-order valence-corrected chi connectivity index (χ0v) is 11.1. The van der Waals surface area contributed by atoms with Crippen molar-refractivity contribution in [2.75, 3.05) is 5.75 Å². The monoisotopic (exact) mass is 281 g/mol. The van der Waals surface area contributed by atoms with Crippen molar-refractivity contribution >= 4 is 39.2 Å². The zero-order valence-electron chi connectivity index (χ0n) is 9.46. The number of thioether (sulfide) groups is 1. The van der Waals surface area contributed by atoms with Crippen molar-refractivity contribution in [3.05, 3.63) is 34.5 Å². The lowest BCUT2D eigenvalue weighted by molar-refractivity contribution is -0.115. The van der Waals surface area contributed by atoms with Crippen LogP contribution in [-0.4, -0.2) is 21.2 Å². The number of hydrogen-bond donors (Lipinski definition) is 1. The number of thiophene rings is 1. The third-order valence-corrected chi connectivity index (χ3v) is 4.01. The first-order valence-electron chi connectivity index (χ1n) is 5.13. The lowest BCUT2D eigenvalue weighted by Gasteiger charge is -2.08. The van der Waals surface area contributed by atoms with E-state index in [9.17, 15) is 9.59 Å². The summed E-state index contributed by atoms with van der Waals surface area (Å²) in [7, 11) is 0. The van der Waals surface area contributed by atoms with Gasteiger partial charge >= 0.3 is 0 Å². The number of primary amides is 1. The Labute approximate surface area is 111 Å². The third-order valence-electron chi connectivity index (χ3n) is 2.20. The number of hydrogen-bond acceptors (Lipinski definition) is 5. The molecule has 1 amide bonds. The molecule has 0 atom stereocenters. The van der Waals surface area contributed by atoms with Crippen LogP contribution in [0.5, 0.6) is 0 Å². The van der Waals surface area contributed by atoms with Gasteiger partial charge < -0.3 is 5.73 Å². The molecular formula is C11H11N3O2S2. The molecule has 2 aromatic heterocycles. The standard InChI is InChI=1S/C11H11N3O2S2/c1-2-4-14-10(16)7-3-5-17-9(7)13-11(14)18-6-8(12)15/h2-3,5H,1,4,6H2,(H2,12,15). The van der Waals surface area contributed by atoms with Gasteiger partial charge in [-0.25, -0.2) is 4.98 Å². The van der Waals surface area contributed by atoms with E-state index in [4.69, 9.17) is 5.73 Å². The van der Waals surface area contributed by atoms with Gasteiger partial charge in [0.25, 0.3) is 5.56 Å². The summed E-state index contributed by atoms with van der Waals surface area (Å²) < 4.78 is 1.50. The van der Waals surface area contributed by atoms with Crippen LogP contribution in [0.1, 0.15) is 0 Å². The van der Waals surface area contributed by atoms with Crippen LogP contribution < -0.4 is 11.3 Å². The highest BCUT2D eigenvalue weighted by molar-refractivity contribution is 7.99. The Hall–Kier alpha value is -1.60. The molecule has 0 saturated heterocycles. The van der Waals surface area contributed by atoms with E-state index in [2.05, 4.69) is 11.6 Å². The van der Waals surface area contributed by atoms with E-state index in [0.29, 0.717) is 21.9 Å². The predicted molar refractivity (Wildman–Crippen MR) is 74.0 cm³/mol. The Morgan fingerprint density at radius 2 is 2.44 bits per heavy atom. The Bertz CT molecular complexity index is 660. The summed E-state index contributed by atoms with van der Waals surface area (Å²) >= 11 is 2.56. The van der Waals surface area contributed by atoms with E-state index >= 15 is 0 Å². The summed E-state index contributed by atoms with van der Waals surface area (Å²) in [6, 6.07) is 1.75. The quantitative estimate of drug-likeness (QED) is 0.508. The Balaban J connectivity index is 2.54. The van der Waals surface area contributed by atoms with Gasteiger partial charge in [0.2, 0.25) is 5.91 Å². The topological polar surface area (TPSA) is 78.0 Å². The van der Waals surface area contributed by atoms with Crippen molar-refractivity contribution in [1.82, 2.24) is 9.55 Å². The fraction of sp³-hybridized carbons (Fsp3) is 0.182. The Morgan fingerprint density at radius 3 is 3.11 bits per heavy atom. The van der Waals surface area contributed by atoms with Gasteiger partial charge in [0.1, 0.15) is 4.83 Å². The van der Waals surface area contributed by atoms with Crippen LogP contribution in [0, 0.1) is 0 Å². The van der Waals surface area contributed by atoms with Gasteiger partial charge in [-0.05, 0) is 11.4 Å². The van der Waals surface area contributed by atoms with Gasteiger partial charge in [0.15, 0.2) is 5.16 Å². The number of allylic oxidation sites excluding steroid dienone is 1. The number of amides is 1. The maximum atomic E-state index is 12.2. The van der Waals surface area contributed by atoms with Crippen molar-refractivity contribution in [1.29, 1.82) is 0 Å². The summed E-state index contributed by atoms with van der Waals surface area (Å²) in [5, 5.41) is 2.90. The lowest BCUT2D eigenvalue weighted by atomic mass is 10.4. The number of nitrogens with two attached hydrogens (primary N) is 1. The summed E-state index contributed by atoms with van der Waals surface area (Å²) in [4.78, 5) is 28.1. The number of fused-ring (bicyclic) bond motifs is 1. The van der Waals surface area contributed by atoms with Gasteiger partial charge in [-0.3, -0.25) is 14.2 Å². The minimum atomic E-state index is -0.439. The van der Waals surface area contributed by atoms with E-state index in [1.807, 2.05) is 5.38 Å². The van der Waals surface area contributed by atoms with Crippen molar-refractivity contribution in [2.45, 2.75) is 11.7 Å². The van der Waals surface area contributed by atoms with Crippen LogP contribution in [0.3, 0.4) is 0 Å². The molecule has 0 saturated carbocycles. The second kappa shape index (κ2) is 5.36. The van der Waals surface area contributed by atoms with Gasteiger partial charge in [0, 0.05) is 6.54 Å². The Morgan fingerprint density at radius 1 is 1.67 bits per heavy atom. The van der Waals surface area contributed by atoms with E-state index in [1.165, 1.54) is 15.9 Å². The summed E-state index contributed by atoms with van der Waals surface area (Å²) in [6.45, 7) is 3.98. The van der Waals surface area contributed by atoms with Crippen molar-refractivity contribution < 1.29 is 4.79 Å². The van der Waals surface area contributed by atoms with Crippen molar-refractivity contribution in [3.63, 3.8) is 0 Å². The van der Waals surface area contributed by atoms with E-state index in [-0.39, 0.29) is 11.3 Å². The van der Waals surface area contributed by atoms with Crippen LogP contribution in [0.15, 0.2) is 34.1 Å². The second-order valence-electron chi connectivity index (χ2n) is 3.49. The summed E-state index contributed by atoms with van der Waals surface area (Å²) in [5.74, 6) is -0.342. The molecule has 0 aromatic carbocycles. The summed E-state index contributed by atoms with van der Waals surface area (Å²) in [6.07, 6.45) is 1.62. The molecule has 0 aliphatic heterocycles.